The quantitative estimate of drug-likeness (QED) is 0.440. The number of nitro benzene ring substituents is 1. The largest absolute Gasteiger partial charge is 0.379 e. The van der Waals surface area contributed by atoms with Gasteiger partial charge >= 0.3 is 0 Å². The fourth-order valence-electron chi connectivity index (χ4n) is 2.73. The van der Waals surface area contributed by atoms with Crippen molar-refractivity contribution in [1.29, 1.82) is 0 Å². The second-order valence-electron chi connectivity index (χ2n) is 6.14. The number of hydrogen-bond acceptors (Lipinski definition) is 5. The SMILES string of the molecule is O=C(CCNc1ccccc1[N+](=O)[O-])NCCc1ccn(-c2ccccc2)n1. The Morgan fingerprint density at radius 1 is 1.04 bits per heavy atom. The summed E-state index contributed by atoms with van der Waals surface area (Å²) < 4.78 is 1.80. The number of para-hydroxylation sites is 3. The molecule has 1 aromatic heterocycles. The van der Waals surface area contributed by atoms with Crippen molar-refractivity contribution < 1.29 is 9.72 Å². The first-order valence-corrected chi connectivity index (χ1v) is 8.97. The van der Waals surface area contributed by atoms with Crippen molar-refractivity contribution in [1.82, 2.24) is 15.1 Å². The minimum absolute atomic E-state index is 0.00286. The van der Waals surface area contributed by atoms with Crippen LogP contribution in [0.1, 0.15) is 12.1 Å². The van der Waals surface area contributed by atoms with Crippen LogP contribution in [0.15, 0.2) is 66.9 Å². The molecule has 2 aromatic carbocycles. The lowest BCUT2D eigenvalue weighted by Crippen LogP contribution is -2.27. The molecule has 3 rings (SSSR count). The molecule has 8 nitrogen and oxygen atoms in total. The van der Waals surface area contributed by atoms with E-state index in [2.05, 4.69) is 15.7 Å². The zero-order valence-corrected chi connectivity index (χ0v) is 15.2. The van der Waals surface area contributed by atoms with Gasteiger partial charge in [-0.3, -0.25) is 14.9 Å². The molecule has 0 aliphatic rings. The topological polar surface area (TPSA) is 102 Å². The standard InChI is InChI=1S/C20H21N5O3/c26-20(11-14-21-18-8-4-5-9-19(18)25(27)28)22-13-10-16-12-15-24(23-16)17-6-2-1-3-7-17/h1-9,12,15,21H,10-11,13-14H2,(H,22,26). The van der Waals surface area contributed by atoms with Gasteiger partial charge in [-0.05, 0) is 24.3 Å². The van der Waals surface area contributed by atoms with Crippen LogP contribution in [0.2, 0.25) is 0 Å². The predicted molar refractivity (Wildman–Crippen MR) is 106 cm³/mol. The third-order valence-electron chi connectivity index (χ3n) is 4.14. The molecule has 2 N–H and O–H groups in total. The average molecular weight is 379 g/mol. The lowest BCUT2D eigenvalue weighted by atomic mass is 10.2. The van der Waals surface area contributed by atoms with Crippen LogP contribution >= 0.6 is 0 Å². The van der Waals surface area contributed by atoms with E-state index in [0.29, 0.717) is 25.2 Å². The molecule has 1 heterocycles. The highest BCUT2D eigenvalue weighted by Crippen LogP contribution is 2.22. The van der Waals surface area contributed by atoms with Gasteiger partial charge in [-0.25, -0.2) is 4.68 Å². The molecule has 0 unspecified atom stereocenters. The molecule has 28 heavy (non-hydrogen) atoms. The molecule has 0 aliphatic heterocycles. The van der Waals surface area contributed by atoms with Crippen LogP contribution in [0, 0.1) is 10.1 Å². The summed E-state index contributed by atoms with van der Waals surface area (Å²) >= 11 is 0. The van der Waals surface area contributed by atoms with Gasteiger partial charge in [0, 0.05) is 38.2 Å². The number of carbonyl (C=O) groups is 1. The highest BCUT2D eigenvalue weighted by Gasteiger charge is 2.12. The summed E-state index contributed by atoms with van der Waals surface area (Å²) in [4.78, 5) is 22.5. The summed E-state index contributed by atoms with van der Waals surface area (Å²) in [6.07, 6.45) is 2.75. The summed E-state index contributed by atoms with van der Waals surface area (Å²) in [5.74, 6) is -0.117. The third-order valence-corrected chi connectivity index (χ3v) is 4.14. The van der Waals surface area contributed by atoms with Gasteiger partial charge in [0.1, 0.15) is 5.69 Å². The average Bonchev–Trinajstić information content (AvgIpc) is 3.18. The number of nitrogens with one attached hydrogen (secondary N) is 2. The van der Waals surface area contributed by atoms with Gasteiger partial charge in [-0.1, -0.05) is 30.3 Å². The van der Waals surface area contributed by atoms with Gasteiger partial charge in [0.2, 0.25) is 5.91 Å². The van der Waals surface area contributed by atoms with Crippen LogP contribution in [-0.2, 0) is 11.2 Å². The Kier molecular flexibility index (Phi) is 6.35. The number of amides is 1. The molecule has 8 heteroatoms. The lowest BCUT2D eigenvalue weighted by Gasteiger charge is -2.07. The number of carbonyl (C=O) groups excluding carboxylic acids is 1. The molecule has 1 amide bonds. The number of nitrogens with zero attached hydrogens (tertiary/aromatic N) is 3. The summed E-state index contributed by atoms with van der Waals surface area (Å²) in [6, 6.07) is 18.1. The van der Waals surface area contributed by atoms with Gasteiger partial charge < -0.3 is 10.6 Å². The second kappa shape index (κ2) is 9.31. The number of anilines is 1. The molecule has 0 saturated carbocycles. The van der Waals surface area contributed by atoms with Crippen molar-refractivity contribution >= 4 is 17.3 Å². The van der Waals surface area contributed by atoms with Crippen LogP contribution < -0.4 is 10.6 Å². The van der Waals surface area contributed by atoms with E-state index in [1.54, 1.807) is 22.9 Å². The van der Waals surface area contributed by atoms with E-state index >= 15 is 0 Å². The van der Waals surface area contributed by atoms with E-state index in [1.165, 1.54) is 6.07 Å². The van der Waals surface area contributed by atoms with Gasteiger partial charge in [0.15, 0.2) is 0 Å². The zero-order valence-electron chi connectivity index (χ0n) is 15.2. The van der Waals surface area contributed by atoms with Crippen LogP contribution in [-0.4, -0.2) is 33.7 Å². The van der Waals surface area contributed by atoms with Crippen molar-refractivity contribution in [3.8, 4) is 5.69 Å². The first-order chi connectivity index (χ1) is 13.6. The number of benzene rings is 2. The van der Waals surface area contributed by atoms with Crippen molar-refractivity contribution in [3.05, 3.63) is 82.7 Å². The first kappa shape index (κ1) is 19.1. The van der Waals surface area contributed by atoms with Crippen molar-refractivity contribution in [3.63, 3.8) is 0 Å². The Morgan fingerprint density at radius 2 is 1.79 bits per heavy atom. The smallest absolute Gasteiger partial charge is 0.292 e. The molecule has 0 saturated heterocycles. The molecule has 3 aromatic rings. The molecule has 0 aliphatic carbocycles. The van der Waals surface area contributed by atoms with Gasteiger partial charge in [-0.2, -0.15) is 5.10 Å². The maximum Gasteiger partial charge on any atom is 0.292 e. The number of aromatic nitrogens is 2. The fourth-order valence-corrected chi connectivity index (χ4v) is 2.73. The third kappa shape index (κ3) is 5.16. The Labute approximate surface area is 162 Å². The van der Waals surface area contributed by atoms with Crippen molar-refractivity contribution in [2.75, 3.05) is 18.4 Å². The Hall–Kier alpha value is -3.68. The predicted octanol–water partition coefficient (Wildman–Crippen LogP) is 2.94. The molecule has 0 radical (unpaired) electrons. The molecule has 0 atom stereocenters. The number of rotatable bonds is 9. The molecule has 0 spiro atoms. The van der Waals surface area contributed by atoms with E-state index in [4.69, 9.17) is 0 Å². The van der Waals surface area contributed by atoms with E-state index in [9.17, 15) is 14.9 Å². The summed E-state index contributed by atoms with van der Waals surface area (Å²) in [5.41, 5.74) is 2.28. The Bertz CT molecular complexity index is 940. The van der Waals surface area contributed by atoms with E-state index < -0.39 is 4.92 Å². The van der Waals surface area contributed by atoms with E-state index in [1.807, 2.05) is 42.6 Å². The summed E-state index contributed by atoms with van der Waals surface area (Å²) in [6.45, 7) is 0.801. The van der Waals surface area contributed by atoms with Gasteiger partial charge in [0.05, 0.1) is 16.3 Å². The van der Waals surface area contributed by atoms with Crippen molar-refractivity contribution in [2.45, 2.75) is 12.8 Å². The van der Waals surface area contributed by atoms with E-state index in [-0.39, 0.29) is 18.0 Å². The highest BCUT2D eigenvalue weighted by molar-refractivity contribution is 5.76. The molecule has 144 valence electrons. The van der Waals surface area contributed by atoms with Crippen LogP contribution in [0.3, 0.4) is 0 Å². The number of hydrogen-bond donors (Lipinski definition) is 2. The molecule has 0 fully saturated rings. The van der Waals surface area contributed by atoms with Crippen LogP contribution in [0.5, 0.6) is 0 Å². The molecular weight excluding hydrogens is 358 g/mol. The maximum absolute atomic E-state index is 12.0. The Balaban J connectivity index is 1.40. The van der Waals surface area contributed by atoms with Gasteiger partial charge in [-0.15, -0.1) is 0 Å². The second-order valence-corrected chi connectivity index (χ2v) is 6.14. The zero-order chi connectivity index (χ0) is 19.8. The first-order valence-electron chi connectivity index (χ1n) is 8.97. The van der Waals surface area contributed by atoms with Gasteiger partial charge in [0.25, 0.3) is 5.69 Å². The summed E-state index contributed by atoms with van der Waals surface area (Å²) in [7, 11) is 0. The number of nitro groups is 1. The lowest BCUT2D eigenvalue weighted by molar-refractivity contribution is -0.384. The van der Waals surface area contributed by atoms with E-state index in [0.717, 1.165) is 11.4 Å². The van der Waals surface area contributed by atoms with Crippen molar-refractivity contribution in [2.24, 2.45) is 0 Å². The summed E-state index contributed by atoms with van der Waals surface area (Å²) in [5, 5.41) is 21.2. The van der Waals surface area contributed by atoms with Crippen LogP contribution in [0.25, 0.3) is 5.69 Å². The fraction of sp³-hybridized carbons (Fsp3) is 0.200. The minimum atomic E-state index is -0.447. The monoisotopic (exact) mass is 379 g/mol. The molecular formula is C20H21N5O3. The van der Waals surface area contributed by atoms with Crippen LogP contribution in [0.4, 0.5) is 11.4 Å². The normalized spacial score (nSPS) is 10.4. The minimum Gasteiger partial charge on any atom is -0.379 e. The molecule has 0 bridgehead atoms. The highest BCUT2D eigenvalue weighted by atomic mass is 16.6. The maximum atomic E-state index is 12.0. The Morgan fingerprint density at radius 3 is 2.57 bits per heavy atom.